The average molecular weight is 291 g/mol. The second kappa shape index (κ2) is 6.15. The Hall–Kier alpha value is -1.72. The molecular formula is C15H17NO3S. The van der Waals surface area contributed by atoms with Crippen molar-refractivity contribution in [3.8, 4) is 0 Å². The van der Waals surface area contributed by atoms with E-state index >= 15 is 0 Å². The number of hydrogen-bond acceptors (Lipinski definition) is 4. The van der Waals surface area contributed by atoms with Crippen molar-refractivity contribution in [2.24, 2.45) is 0 Å². The lowest BCUT2D eigenvalue weighted by Crippen LogP contribution is -2.38. The summed E-state index contributed by atoms with van der Waals surface area (Å²) in [6.45, 7) is 1.69. The van der Waals surface area contributed by atoms with E-state index in [4.69, 9.17) is 4.42 Å². The molecule has 1 amide bonds. The quantitative estimate of drug-likeness (QED) is 0.831. The first-order valence-electron chi connectivity index (χ1n) is 6.22. The minimum absolute atomic E-state index is 0.0854. The molecule has 0 aliphatic rings. The van der Waals surface area contributed by atoms with Gasteiger partial charge in [-0.15, -0.1) is 11.8 Å². The third-order valence-corrected chi connectivity index (χ3v) is 3.79. The molecule has 4 nitrogen and oxygen atoms in total. The van der Waals surface area contributed by atoms with Crippen molar-refractivity contribution in [2.75, 3.05) is 12.8 Å². The lowest BCUT2D eigenvalue weighted by Gasteiger charge is -2.21. The van der Waals surface area contributed by atoms with Crippen molar-refractivity contribution in [2.45, 2.75) is 17.4 Å². The third kappa shape index (κ3) is 3.23. The summed E-state index contributed by atoms with van der Waals surface area (Å²) in [5, 5.41) is 13.0. The molecule has 0 saturated heterocycles. The van der Waals surface area contributed by atoms with Gasteiger partial charge >= 0.3 is 0 Å². The highest BCUT2D eigenvalue weighted by molar-refractivity contribution is 7.98. The van der Waals surface area contributed by atoms with Crippen molar-refractivity contribution in [3.05, 3.63) is 54.0 Å². The van der Waals surface area contributed by atoms with E-state index in [-0.39, 0.29) is 12.5 Å². The van der Waals surface area contributed by atoms with Gasteiger partial charge in [0.15, 0.2) is 0 Å². The number of benzene rings is 1. The third-order valence-electron chi connectivity index (χ3n) is 3.00. The molecule has 2 N–H and O–H groups in total. The van der Waals surface area contributed by atoms with E-state index in [1.165, 1.54) is 18.0 Å². The van der Waals surface area contributed by atoms with E-state index in [2.05, 4.69) is 5.32 Å². The Kier molecular flexibility index (Phi) is 4.52. The number of carbonyl (C=O) groups excluding carboxylic acids is 1. The maximum atomic E-state index is 12.2. The van der Waals surface area contributed by atoms with E-state index in [0.717, 1.165) is 4.90 Å². The first-order valence-corrected chi connectivity index (χ1v) is 7.44. The molecule has 0 radical (unpaired) electrons. The van der Waals surface area contributed by atoms with Crippen LogP contribution in [0.3, 0.4) is 0 Å². The van der Waals surface area contributed by atoms with Gasteiger partial charge in [-0.25, -0.2) is 0 Å². The molecule has 1 atom stereocenters. The molecule has 1 unspecified atom stereocenters. The predicted molar refractivity (Wildman–Crippen MR) is 78.8 cm³/mol. The number of rotatable bonds is 5. The van der Waals surface area contributed by atoms with Crippen molar-refractivity contribution in [1.29, 1.82) is 0 Å². The SMILES string of the molecule is CSc1ccccc1C(=O)NCC(C)(O)c1ccco1. The van der Waals surface area contributed by atoms with Gasteiger partial charge < -0.3 is 14.8 Å². The van der Waals surface area contributed by atoms with Crippen molar-refractivity contribution in [1.82, 2.24) is 5.32 Å². The second-order valence-electron chi connectivity index (χ2n) is 4.63. The molecule has 0 spiro atoms. The molecule has 1 heterocycles. The Balaban J connectivity index is 2.06. The first kappa shape index (κ1) is 14.7. The van der Waals surface area contributed by atoms with Crippen LogP contribution in [0.4, 0.5) is 0 Å². The van der Waals surface area contributed by atoms with Crippen LogP contribution in [-0.4, -0.2) is 23.8 Å². The number of amides is 1. The number of nitrogens with one attached hydrogen (secondary N) is 1. The van der Waals surface area contributed by atoms with E-state index in [1.54, 1.807) is 25.1 Å². The number of aliphatic hydroxyl groups is 1. The van der Waals surface area contributed by atoms with Gasteiger partial charge in [0.25, 0.3) is 5.91 Å². The fraction of sp³-hybridized carbons (Fsp3) is 0.267. The molecule has 0 saturated carbocycles. The van der Waals surface area contributed by atoms with Crippen molar-refractivity contribution < 1.29 is 14.3 Å². The van der Waals surface area contributed by atoms with E-state index in [9.17, 15) is 9.90 Å². The highest BCUT2D eigenvalue weighted by Gasteiger charge is 2.27. The smallest absolute Gasteiger partial charge is 0.252 e. The summed E-state index contributed by atoms with van der Waals surface area (Å²) in [6, 6.07) is 10.8. The zero-order valence-corrected chi connectivity index (χ0v) is 12.2. The average Bonchev–Trinajstić information content (AvgIpc) is 3.00. The summed E-state index contributed by atoms with van der Waals surface area (Å²) in [7, 11) is 0. The largest absolute Gasteiger partial charge is 0.466 e. The van der Waals surface area contributed by atoms with Gasteiger partial charge in [-0.05, 0) is 37.4 Å². The molecule has 2 aromatic rings. The fourth-order valence-corrected chi connectivity index (χ4v) is 2.45. The molecular weight excluding hydrogens is 274 g/mol. The highest BCUT2D eigenvalue weighted by Crippen LogP contribution is 2.22. The number of furan rings is 1. The second-order valence-corrected chi connectivity index (χ2v) is 5.48. The molecule has 1 aromatic carbocycles. The highest BCUT2D eigenvalue weighted by atomic mass is 32.2. The minimum atomic E-state index is -1.23. The fourth-order valence-electron chi connectivity index (χ4n) is 1.85. The van der Waals surface area contributed by atoms with Gasteiger partial charge in [0.2, 0.25) is 0 Å². The number of thioether (sulfide) groups is 1. The lowest BCUT2D eigenvalue weighted by molar-refractivity contribution is 0.0330. The molecule has 0 aliphatic carbocycles. The molecule has 0 bridgehead atoms. The molecule has 2 rings (SSSR count). The van der Waals surface area contributed by atoms with Crippen LogP contribution in [0.15, 0.2) is 52.0 Å². The molecule has 0 aliphatic heterocycles. The van der Waals surface area contributed by atoms with E-state index in [0.29, 0.717) is 11.3 Å². The first-order chi connectivity index (χ1) is 9.54. The molecule has 106 valence electrons. The molecule has 0 fully saturated rings. The van der Waals surface area contributed by atoms with Crippen LogP contribution < -0.4 is 5.32 Å². The predicted octanol–water partition coefficient (Wildman–Crippen LogP) is 2.64. The summed E-state index contributed by atoms with van der Waals surface area (Å²) in [6.07, 6.45) is 3.42. The number of carbonyl (C=O) groups is 1. The topological polar surface area (TPSA) is 62.5 Å². The Bertz CT molecular complexity index is 579. The summed E-state index contributed by atoms with van der Waals surface area (Å²) in [5.41, 5.74) is -0.622. The monoisotopic (exact) mass is 291 g/mol. The zero-order chi connectivity index (χ0) is 14.6. The standard InChI is InChI=1S/C15H17NO3S/c1-15(18,13-8-5-9-19-13)10-16-14(17)11-6-3-4-7-12(11)20-2/h3-9,18H,10H2,1-2H3,(H,16,17). The summed E-state index contributed by atoms with van der Waals surface area (Å²) in [4.78, 5) is 13.1. The number of hydrogen-bond donors (Lipinski definition) is 2. The van der Waals surface area contributed by atoms with E-state index in [1.807, 2.05) is 24.5 Å². The maximum absolute atomic E-state index is 12.2. The van der Waals surface area contributed by atoms with Crippen LogP contribution in [0, 0.1) is 0 Å². The van der Waals surface area contributed by atoms with Crippen molar-refractivity contribution >= 4 is 17.7 Å². The Morgan fingerprint density at radius 2 is 2.10 bits per heavy atom. The Labute approximate surface area is 122 Å². The minimum Gasteiger partial charge on any atom is -0.466 e. The summed E-state index contributed by atoms with van der Waals surface area (Å²) in [5.74, 6) is 0.220. The van der Waals surface area contributed by atoms with Crippen LogP contribution in [0.5, 0.6) is 0 Å². The molecule has 20 heavy (non-hydrogen) atoms. The van der Waals surface area contributed by atoms with Crippen LogP contribution in [-0.2, 0) is 5.60 Å². The van der Waals surface area contributed by atoms with Gasteiger partial charge in [-0.1, -0.05) is 12.1 Å². The van der Waals surface area contributed by atoms with Crippen molar-refractivity contribution in [3.63, 3.8) is 0 Å². The van der Waals surface area contributed by atoms with Crippen LogP contribution in [0.1, 0.15) is 23.0 Å². The summed E-state index contributed by atoms with van der Waals surface area (Å²) < 4.78 is 5.18. The zero-order valence-electron chi connectivity index (χ0n) is 11.4. The Morgan fingerprint density at radius 3 is 2.75 bits per heavy atom. The van der Waals surface area contributed by atoms with Gasteiger partial charge in [0, 0.05) is 4.90 Å². The van der Waals surface area contributed by atoms with Gasteiger partial charge in [-0.2, -0.15) is 0 Å². The van der Waals surface area contributed by atoms with Crippen LogP contribution in [0.2, 0.25) is 0 Å². The summed E-state index contributed by atoms with van der Waals surface area (Å²) >= 11 is 1.51. The van der Waals surface area contributed by atoms with E-state index < -0.39 is 5.60 Å². The maximum Gasteiger partial charge on any atom is 0.252 e. The molecule has 5 heteroatoms. The van der Waals surface area contributed by atoms with Gasteiger partial charge in [0.1, 0.15) is 11.4 Å². The lowest BCUT2D eigenvalue weighted by atomic mass is 10.0. The Morgan fingerprint density at radius 1 is 1.35 bits per heavy atom. The van der Waals surface area contributed by atoms with Crippen LogP contribution in [0.25, 0.3) is 0 Å². The van der Waals surface area contributed by atoms with Gasteiger partial charge in [0.05, 0.1) is 18.4 Å². The van der Waals surface area contributed by atoms with Gasteiger partial charge in [-0.3, -0.25) is 4.79 Å². The molecule has 1 aromatic heterocycles. The van der Waals surface area contributed by atoms with Crippen LogP contribution >= 0.6 is 11.8 Å². The normalized spacial score (nSPS) is 13.8.